The fraction of sp³-hybridized carbons (Fsp3) is 0.316. The van der Waals surface area contributed by atoms with Gasteiger partial charge in [-0.05, 0) is 44.0 Å². The summed E-state index contributed by atoms with van der Waals surface area (Å²) in [6.45, 7) is 1.70. The number of benzene rings is 2. The number of esters is 1. The van der Waals surface area contributed by atoms with Gasteiger partial charge in [0.15, 0.2) is 0 Å². The first kappa shape index (κ1) is 19.7. The van der Waals surface area contributed by atoms with Gasteiger partial charge in [0.2, 0.25) is 10.0 Å². The second-order valence-electron chi connectivity index (χ2n) is 6.33. The zero-order valence-electron chi connectivity index (χ0n) is 14.9. The predicted molar refractivity (Wildman–Crippen MR) is 102 cm³/mol. The first-order valence-electron chi connectivity index (χ1n) is 8.47. The van der Waals surface area contributed by atoms with E-state index in [1.165, 1.54) is 25.3 Å². The van der Waals surface area contributed by atoms with Crippen LogP contribution >= 0.6 is 11.6 Å². The highest BCUT2D eigenvalue weighted by Crippen LogP contribution is 2.30. The van der Waals surface area contributed by atoms with Crippen molar-refractivity contribution in [1.82, 2.24) is 4.72 Å². The van der Waals surface area contributed by atoms with Crippen LogP contribution in [0.4, 0.5) is 0 Å². The van der Waals surface area contributed by atoms with Crippen LogP contribution in [0.2, 0.25) is 5.02 Å². The molecule has 0 spiro atoms. The lowest BCUT2D eigenvalue weighted by atomic mass is 10.1. The van der Waals surface area contributed by atoms with Gasteiger partial charge in [0.25, 0.3) is 0 Å². The van der Waals surface area contributed by atoms with Gasteiger partial charge >= 0.3 is 5.97 Å². The third kappa shape index (κ3) is 4.61. The summed E-state index contributed by atoms with van der Waals surface area (Å²) in [5, 5.41) is 0.490. The molecule has 3 rings (SSSR count). The van der Waals surface area contributed by atoms with Crippen molar-refractivity contribution in [3.63, 3.8) is 0 Å². The van der Waals surface area contributed by atoms with Crippen molar-refractivity contribution in [2.45, 2.75) is 36.8 Å². The average Bonchev–Trinajstić information content (AvgIpc) is 3.44. The second kappa shape index (κ2) is 7.88. The van der Waals surface area contributed by atoms with E-state index in [1.54, 1.807) is 31.2 Å². The summed E-state index contributed by atoms with van der Waals surface area (Å²) in [6, 6.07) is 11.2. The molecular weight excluding hydrogens is 390 g/mol. The fourth-order valence-electron chi connectivity index (χ4n) is 2.59. The van der Waals surface area contributed by atoms with Crippen LogP contribution in [0, 0.1) is 0 Å². The summed E-state index contributed by atoms with van der Waals surface area (Å²) >= 11 is 6.13. The van der Waals surface area contributed by atoms with E-state index in [1.807, 2.05) is 0 Å². The Bertz CT molecular complexity index is 956. The van der Waals surface area contributed by atoms with Crippen molar-refractivity contribution < 1.29 is 22.7 Å². The van der Waals surface area contributed by atoms with E-state index in [0.717, 1.165) is 12.8 Å². The van der Waals surface area contributed by atoms with E-state index in [-0.39, 0.29) is 22.3 Å². The number of halogens is 1. The highest BCUT2D eigenvalue weighted by atomic mass is 35.5. The third-order valence-corrected chi connectivity index (χ3v) is 6.10. The zero-order chi connectivity index (χ0) is 19.6. The van der Waals surface area contributed by atoms with E-state index < -0.39 is 22.1 Å². The number of ether oxygens (including phenoxy) is 2. The lowest BCUT2D eigenvalue weighted by Gasteiger charge is -2.16. The molecule has 0 aromatic heterocycles. The molecule has 2 aromatic carbocycles. The lowest BCUT2D eigenvalue weighted by molar-refractivity contribution is 0.0338. The molecule has 0 bridgehead atoms. The molecule has 0 unspecified atom stereocenters. The molecule has 1 aliphatic carbocycles. The van der Waals surface area contributed by atoms with Crippen LogP contribution in [-0.2, 0) is 14.8 Å². The van der Waals surface area contributed by atoms with Gasteiger partial charge in [0.05, 0.1) is 12.7 Å². The number of rotatable bonds is 7. The smallest absolute Gasteiger partial charge is 0.338 e. The summed E-state index contributed by atoms with van der Waals surface area (Å²) in [7, 11) is -2.41. The van der Waals surface area contributed by atoms with Crippen molar-refractivity contribution in [2.75, 3.05) is 7.11 Å². The maximum atomic E-state index is 12.6. The summed E-state index contributed by atoms with van der Waals surface area (Å²) in [5.41, 5.74) is 0.787. The minimum atomic E-state index is -3.79. The Morgan fingerprint density at radius 3 is 2.56 bits per heavy atom. The molecule has 1 aliphatic rings. The van der Waals surface area contributed by atoms with Crippen LogP contribution in [0.25, 0.3) is 0 Å². The Morgan fingerprint density at radius 1 is 1.22 bits per heavy atom. The summed E-state index contributed by atoms with van der Waals surface area (Å²) < 4.78 is 38.3. The molecule has 1 saturated carbocycles. The molecule has 2 aromatic rings. The Balaban J connectivity index is 1.85. The number of methoxy groups -OCH3 is 1. The quantitative estimate of drug-likeness (QED) is 0.705. The van der Waals surface area contributed by atoms with Gasteiger partial charge < -0.3 is 9.47 Å². The molecule has 0 amide bonds. The van der Waals surface area contributed by atoms with Crippen molar-refractivity contribution in [3.8, 4) is 5.75 Å². The van der Waals surface area contributed by atoms with Gasteiger partial charge in [-0.15, -0.1) is 0 Å². The van der Waals surface area contributed by atoms with Crippen molar-refractivity contribution >= 4 is 27.6 Å². The van der Waals surface area contributed by atoms with Crippen molar-refractivity contribution in [2.24, 2.45) is 0 Å². The summed E-state index contributed by atoms with van der Waals surface area (Å²) in [4.78, 5) is 12.4. The highest BCUT2D eigenvalue weighted by Gasteiger charge is 2.30. The molecule has 6 nitrogen and oxygen atoms in total. The molecule has 0 heterocycles. The Morgan fingerprint density at radius 2 is 1.93 bits per heavy atom. The molecule has 1 N–H and O–H groups in total. The molecule has 0 radical (unpaired) electrons. The average molecular weight is 410 g/mol. The standard InChI is InChI=1S/C19H20ClNO5S/c1-12(15-5-3-4-6-16(15)20)26-19(22)13-7-10-17(25-2)18(11-13)27(23,24)21-14-8-9-14/h3-7,10-12,14,21H,8-9H2,1-2H3/t12-/m0/s1. The maximum Gasteiger partial charge on any atom is 0.338 e. The number of sulfonamides is 1. The van der Waals surface area contributed by atoms with Crippen LogP contribution in [-0.4, -0.2) is 27.5 Å². The molecule has 27 heavy (non-hydrogen) atoms. The van der Waals surface area contributed by atoms with Crippen molar-refractivity contribution in [1.29, 1.82) is 0 Å². The number of hydrogen-bond acceptors (Lipinski definition) is 5. The normalized spacial score (nSPS) is 15.2. The van der Waals surface area contributed by atoms with E-state index in [9.17, 15) is 13.2 Å². The molecule has 0 saturated heterocycles. The van der Waals surface area contributed by atoms with Crippen LogP contribution in [0.5, 0.6) is 5.75 Å². The first-order chi connectivity index (χ1) is 12.8. The van der Waals surface area contributed by atoms with Crippen LogP contribution < -0.4 is 9.46 Å². The second-order valence-corrected chi connectivity index (χ2v) is 8.42. The maximum absolute atomic E-state index is 12.6. The first-order valence-corrected chi connectivity index (χ1v) is 10.3. The third-order valence-electron chi connectivity index (χ3n) is 4.22. The van der Waals surface area contributed by atoms with E-state index in [2.05, 4.69) is 4.72 Å². The topological polar surface area (TPSA) is 81.7 Å². The molecule has 1 fully saturated rings. The van der Waals surface area contributed by atoms with Gasteiger partial charge in [0.1, 0.15) is 16.7 Å². The highest BCUT2D eigenvalue weighted by molar-refractivity contribution is 7.89. The summed E-state index contributed by atoms with van der Waals surface area (Å²) in [6.07, 6.45) is 1.02. The van der Waals surface area contributed by atoms with Crippen molar-refractivity contribution in [3.05, 3.63) is 58.6 Å². The molecule has 144 valence electrons. The number of carbonyl (C=O) groups is 1. The summed E-state index contributed by atoms with van der Waals surface area (Å²) in [5.74, 6) is -0.480. The number of carbonyl (C=O) groups excluding carboxylic acids is 1. The lowest BCUT2D eigenvalue weighted by Crippen LogP contribution is -2.26. The van der Waals surface area contributed by atoms with Crippen LogP contribution in [0.1, 0.15) is 41.8 Å². The predicted octanol–water partition coefficient (Wildman–Crippen LogP) is 3.71. The minimum absolute atomic E-state index is 0.0597. The SMILES string of the molecule is COc1ccc(C(=O)O[C@@H](C)c2ccccc2Cl)cc1S(=O)(=O)NC1CC1. The largest absolute Gasteiger partial charge is 0.495 e. The number of nitrogens with one attached hydrogen (secondary N) is 1. The molecule has 0 aliphatic heterocycles. The molecular formula is C19H20ClNO5S. The van der Waals surface area contributed by atoms with Crippen LogP contribution in [0.3, 0.4) is 0 Å². The molecule has 1 atom stereocenters. The van der Waals surface area contributed by atoms with Gasteiger partial charge in [0, 0.05) is 16.6 Å². The van der Waals surface area contributed by atoms with E-state index >= 15 is 0 Å². The van der Waals surface area contributed by atoms with Gasteiger partial charge in [-0.25, -0.2) is 17.9 Å². The van der Waals surface area contributed by atoms with Gasteiger partial charge in [-0.1, -0.05) is 29.8 Å². The Hall–Kier alpha value is -2.09. The molecule has 8 heteroatoms. The number of hydrogen-bond donors (Lipinski definition) is 1. The Kier molecular flexibility index (Phi) is 5.74. The minimum Gasteiger partial charge on any atom is -0.495 e. The fourth-order valence-corrected chi connectivity index (χ4v) is 4.38. The van der Waals surface area contributed by atoms with E-state index in [0.29, 0.717) is 10.6 Å². The van der Waals surface area contributed by atoms with E-state index in [4.69, 9.17) is 21.1 Å². The van der Waals surface area contributed by atoms with Gasteiger partial charge in [-0.3, -0.25) is 0 Å². The zero-order valence-corrected chi connectivity index (χ0v) is 16.5. The van der Waals surface area contributed by atoms with Crippen LogP contribution in [0.15, 0.2) is 47.4 Å². The Labute approximate surface area is 163 Å². The van der Waals surface area contributed by atoms with Gasteiger partial charge in [-0.2, -0.15) is 0 Å². The monoisotopic (exact) mass is 409 g/mol.